The van der Waals surface area contributed by atoms with E-state index in [9.17, 15) is 0 Å². The summed E-state index contributed by atoms with van der Waals surface area (Å²) in [7, 11) is 0. The van der Waals surface area contributed by atoms with Gasteiger partial charge in [-0.3, -0.25) is 0 Å². The highest BCUT2D eigenvalue weighted by Crippen LogP contribution is 2.76. The predicted octanol–water partition coefficient (Wildman–Crippen LogP) is 9.13. The van der Waals surface area contributed by atoms with Gasteiger partial charge in [0.25, 0.3) is 0 Å². The van der Waals surface area contributed by atoms with E-state index < -0.39 is 0 Å². The molecule has 0 aromatic rings. The first-order valence-electron chi connectivity index (χ1n) is 13.9. The monoisotopic (exact) mass is 412 g/mol. The average molecular weight is 413 g/mol. The highest BCUT2D eigenvalue weighted by atomic mass is 14.7. The largest absolute Gasteiger partial charge is 0.0625 e. The third-order valence-electron chi connectivity index (χ3n) is 13.4. The Morgan fingerprint density at radius 2 is 1.37 bits per heavy atom. The Balaban J connectivity index is 1.48. The molecular formula is C30H52. The number of hydrogen-bond acceptors (Lipinski definition) is 0. The fourth-order valence-corrected chi connectivity index (χ4v) is 11.4. The van der Waals surface area contributed by atoms with Crippen LogP contribution in [-0.2, 0) is 0 Å². The Bertz CT molecular complexity index is 688. The number of hydrogen-bond donors (Lipinski definition) is 0. The van der Waals surface area contributed by atoms with Crippen molar-refractivity contribution in [3.8, 4) is 0 Å². The molecule has 0 heterocycles. The molecular weight excluding hydrogens is 360 g/mol. The third-order valence-corrected chi connectivity index (χ3v) is 13.4. The van der Waals surface area contributed by atoms with E-state index in [4.69, 9.17) is 0 Å². The van der Waals surface area contributed by atoms with Crippen molar-refractivity contribution < 1.29 is 0 Å². The van der Waals surface area contributed by atoms with Gasteiger partial charge in [0, 0.05) is 0 Å². The zero-order valence-electron chi connectivity index (χ0n) is 21.7. The number of fused-ring (bicyclic) bond motifs is 7. The van der Waals surface area contributed by atoms with E-state index in [0.717, 1.165) is 35.5 Å². The summed E-state index contributed by atoms with van der Waals surface area (Å²) in [5, 5.41) is 0. The van der Waals surface area contributed by atoms with Gasteiger partial charge in [-0.1, -0.05) is 55.4 Å². The van der Waals surface area contributed by atoms with Crippen molar-refractivity contribution >= 4 is 0 Å². The normalized spacial score (nSPS) is 57.3. The van der Waals surface area contributed by atoms with Crippen molar-refractivity contribution in [3.63, 3.8) is 0 Å². The smallest absolute Gasteiger partial charge is 0.0235 e. The summed E-state index contributed by atoms with van der Waals surface area (Å²) < 4.78 is 0. The first kappa shape index (κ1) is 21.8. The van der Waals surface area contributed by atoms with E-state index in [-0.39, 0.29) is 0 Å². The van der Waals surface area contributed by atoms with Crippen LogP contribution in [-0.4, -0.2) is 0 Å². The third kappa shape index (κ3) is 2.70. The fourth-order valence-electron chi connectivity index (χ4n) is 11.4. The Hall–Kier alpha value is 0. The molecule has 0 saturated heterocycles. The Morgan fingerprint density at radius 3 is 2.07 bits per heavy atom. The van der Waals surface area contributed by atoms with Crippen molar-refractivity contribution in [3.05, 3.63) is 0 Å². The van der Waals surface area contributed by atoms with Crippen LogP contribution in [0.1, 0.15) is 126 Å². The molecule has 5 fully saturated rings. The van der Waals surface area contributed by atoms with Gasteiger partial charge in [-0.25, -0.2) is 0 Å². The van der Waals surface area contributed by atoms with Gasteiger partial charge in [0.05, 0.1) is 0 Å². The highest BCUT2D eigenvalue weighted by Gasteiger charge is 2.68. The van der Waals surface area contributed by atoms with Gasteiger partial charge in [-0.2, -0.15) is 0 Å². The van der Waals surface area contributed by atoms with Crippen molar-refractivity contribution in [1.29, 1.82) is 0 Å². The van der Waals surface area contributed by atoms with Crippen molar-refractivity contribution in [2.45, 2.75) is 126 Å². The second kappa shape index (κ2) is 6.53. The maximum absolute atomic E-state index is 2.81. The van der Waals surface area contributed by atoms with Gasteiger partial charge in [0.15, 0.2) is 0 Å². The molecule has 5 aliphatic rings. The topological polar surface area (TPSA) is 0 Å². The van der Waals surface area contributed by atoms with Crippen LogP contribution in [0.2, 0.25) is 0 Å². The summed E-state index contributed by atoms with van der Waals surface area (Å²) >= 11 is 0. The zero-order chi connectivity index (χ0) is 21.7. The van der Waals surface area contributed by atoms with Gasteiger partial charge in [0.2, 0.25) is 0 Å². The van der Waals surface area contributed by atoms with Gasteiger partial charge < -0.3 is 0 Å². The zero-order valence-corrected chi connectivity index (χ0v) is 21.7. The molecule has 0 nitrogen and oxygen atoms in total. The lowest BCUT2D eigenvalue weighted by molar-refractivity contribution is -0.214. The highest BCUT2D eigenvalue weighted by molar-refractivity contribution is 5.17. The molecule has 0 aliphatic heterocycles. The van der Waals surface area contributed by atoms with E-state index in [2.05, 4.69) is 55.4 Å². The molecule has 172 valence electrons. The Kier molecular flexibility index (Phi) is 4.75. The molecule has 0 aromatic carbocycles. The molecule has 0 N–H and O–H groups in total. The van der Waals surface area contributed by atoms with E-state index in [1.807, 2.05) is 0 Å². The van der Waals surface area contributed by atoms with Gasteiger partial charge >= 0.3 is 0 Å². The molecule has 0 amide bonds. The predicted molar refractivity (Wildman–Crippen MR) is 129 cm³/mol. The van der Waals surface area contributed by atoms with Crippen molar-refractivity contribution in [1.82, 2.24) is 0 Å². The minimum absolute atomic E-state index is 0.578. The van der Waals surface area contributed by atoms with Crippen LogP contribution in [0.15, 0.2) is 0 Å². The quantitative estimate of drug-likeness (QED) is 0.402. The fraction of sp³-hybridized carbons (Fsp3) is 1.00. The minimum Gasteiger partial charge on any atom is -0.0625 e. The SMILES string of the molecule is CC(C)[C@H]1CC[C@@H]2[C@]1(C)CC[C@]1(C)[C@H]3CC[C@@]4(C)CCC(C)(C)C[C@H]4[C@H]3CC[C@@]21C. The van der Waals surface area contributed by atoms with Crippen LogP contribution in [0.25, 0.3) is 0 Å². The summed E-state index contributed by atoms with van der Waals surface area (Å²) in [5.74, 6) is 5.84. The summed E-state index contributed by atoms with van der Waals surface area (Å²) in [6, 6.07) is 0. The summed E-state index contributed by atoms with van der Waals surface area (Å²) in [6.07, 6.45) is 16.7. The van der Waals surface area contributed by atoms with Crippen molar-refractivity contribution in [2.75, 3.05) is 0 Å². The van der Waals surface area contributed by atoms with Gasteiger partial charge in [0.1, 0.15) is 0 Å². The molecule has 0 heteroatoms. The molecule has 9 atom stereocenters. The molecule has 0 spiro atoms. The summed E-state index contributed by atoms with van der Waals surface area (Å²) in [4.78, 5) is 0. The first-order valence-corrected chi connectivity index (χ1v) is 13.9. The summed E-state index contributed by atoms with van der Waals surface area (Å²) in [5.41, 5.74) is 3.03. The van der Waals surface area contributed by atoms with Crippen LogP contribution in [0.3, 0.4) is 0 Å². The second-order valence-electron chi connectivity index (χ2n) is 15.3. The second-order valence-corrected chi connectivity index (χ2v) is 15.3. The molecule has 5 rings (SSSR count). The van der Waals surface area contributed by atoms with Crippen LogP contribution in [0, 0.1) is 62.6 Å². The van der Waals surface area contributed by atoms with Gasteiger partial charge in [-0.15, -0.1) is 0 Å². The lowest BCUT2D eigenvalue weighted by Gasteiger charge is -2.70. The summed E-state index contributed by atoms with van der Waals surface area (Å²) in [6.45, 7) is 21.2. The van der Waals surface area contributed by atoms with Gasteiger partial charge in [-0.05, 0) is 133 Å². The van der Waals surface area contributed by atoms with E-state index in [1.165, 1.54) is 57.8 Å². The molecule has 0 radical (unpaired) electrons. The molecule has 0 aromatic heterocycles. The number of rotatable bonds is 1. The van der Waals surface area contributed by atoms with E-state index in [1.54, 1.807) is 12.8 Å². The maximum Gasteiger partial charge on any atom is -0.0235 e. The lowest BCUT2D eigenvalue weighted by atomic mass is 9.34. The molecule has 5 aliphatic carbocycles. The van der Waals surface area contributed by atoms with E-state index >= 15 is 0 Å². The minimum atomic E-state index is 0.578. The van der Waals surface area contributed by atoms with Crippen LogP contribution >= 0.6 is 0 Å². The maximum atomic E-state index is 2.81. The van der Waals surface area contributed by atoms with Crippen LogP contribution in [0.5, 0.6) is 0 Å². The molecule has 30 heavy (non-hydrogen) atoms. The van der Waals surface area contributed by atoms with Crippen LogP contribution < -0.4 is 0 Å². The first-order chi connectivity index (χ1) is 13.9. The lowest BCUT2D eigenvalue weighted by Crippen LogP contribution is -2.63. The Labute approximate surface area is 188 Å². The molecule has 0 bridgehead atoms. The molecule has 5 saturated carbocycles. The molecule has 0 unspecified atom stereocenters. The van der Waals surface area contributed by atoms with Crippen LogP contribution in [0.4, 0.5) is 0 Å². The Morgan fingerprint density at radius 1 is 0.633 bits per heavy atom. The standard InChI is InChI=1S/C30H52/c1-20(2)22-9-10-25-28(22,6)17-18-29(7)23-12-13-27(5)16-15-26(3,4)19-24(27)21(23)11-14-30(25,29)8/h20-25H,9-19H2,1-8H3/t21-,22+,23-,24-,25+,27-,28+,29+,30-/m0/s1. The van der Waals surface area contributed by atoms with E-state index in [0.29, 0.717) is 27.1 Å². The average Bonchev–Trinajstić information content (AvgIpc) is 3.02. The van der Waals surface area contributed by atoms with Crippen molar-refractivity contribution in [2.24, 2.45) is 62.6 Å².